The van der Waals surface area contributed by atoms with Crippen LogP contribution in [0.1, 0.15) is 51.0 Å². The van der Waals surface area contributed by atoms with Crippen molar-refractivity contribution < 1.29 is 14.4 Å². The van der Waals surface area contributed by atoms with Crippen molar-refractivity contribution in [3.63, 3.8) is 0 Å². The van der Waals surface area contributed by atoms with Gasteiger partial charge >= 0.3 is 5.97 Å². The molecule has 142 valence electrons. The Morgan fingerprint density at radius 2 is 1.89 bits per heavy atom. The summed E-state index contributed by atoms with van der Waals surface area (Å²) in [4.78, 5) is 19.6. The van der Waals surface area contributed by atoms with Crippen molar-refractivity contribution in [2.45, 2.75) is 38.2 Å². The predicted molar refractivity (Wildman–Crippen MR) is 109 cm³/mol. The van der Waals surface area contributed by atoms with Gasteiger partial charge in [0.25, 0.3) is 0 Å². The zero-order chi connectivity index (χ0) is 19.3. The van der Waals surface area contributed by atoms with Crippen molar-refractivity contribution in [2.24, 2.45) is 5.16 Å². The summed E-state index contributed by atoms with van der Waals surface area (Å²) in [5.74, 6) is -0.289. The van der Waals surface area contributed by atoms with Crippen LogP contribution in [0, 0.1) is 0 Å². The minimum Gasteiger partial charge on any atom is -0.465 e. The summed E-state index contributed by atoms with van der Waals surface area (Å²) in [6, 6.07) is 3.51. The number of nitrogens with zero attached hydrogens (tertiary/aromatic N) is 1. The fourth-order valence-electron chi connectivity index (χ4n) is 3.64. The molecule has 0 N–H and O–H groups in total. The SMILES string of the molecule is COC(=O)c1sc(C2=NOC(C)(c3cc(Cl)c(Cl)c(Cl)c3)C2)c2c1CCC2. The molecule has 2 heterocycles. The van der Waals surface area contributed by atoms with E-state index in [2.05, 4.69) is 5.16 Å². The number of carbonyl (C=O) groups excluding carboxylic acids is 1. The zero-order valence-electron chi connectivity index (χ0n) is 14.7. The van der Waals surface area contributed by atoms with Crippen LogP contribution in [-0.2, 0) is 28.0 Å². The lowest BCUT2D eigenvalue weighted by Gasteiger charge is -2.22. The number of fused-ring (bicyclic) bond motifs is 1. The second-order valence-electron chi connectivity index (χ2n) is 6.85. The summed E-state index contributed by atoms with van der Waals surface area (Å²) < 4.78 is 4.94. The Hall–Kier alpha value is -1.27. The Morgan fingerprint density at radius 3 is 2.56 bits per heavy atom. The maximum absolute atomic E-state index is 12.1. The largest absolute Gasteiger partial charge is 0.465 e. The van der Waals surface area contributed by atoms with Crippen LogP contribution < -0.4 is 0 Å². The molecular weight excluding hydrogens is 429 g/mol. The molecule has 27 heavy (non-hydrogen) atoms. The average Bonchev–Trinajstić information content (AvgIpc) is 3.34. The summed E-state index contributed by atoms with van der Waals surface area (Å²) >= 11 is 19.9. The van der Waals surface area contributed by atoms with Crippen molar-refractivity contribution in [2.75, 3.05) is 7.11 Å². The lowest BCUT2D eigenvalue weighted by Crippen LogP contribution is -2.22. The Morgan fingerprint density at radius 1 is 1.22 bits per heavy atom. The van der Waals surface area contributed by atoms with Gasteiger partial charge in [-0.1, -0.05) is 40.0 Å². The molecule has 1 aromatic heterocycles. The Labute approximate surface area is 176 Å². The van der Waals surface area contributed by atoms with Crippen LogP contribution in [0.2, 0.25) is 15.1 Å². The van der Waals surface area contributed by atoms with E-state index in [0.29, 0.717) is 26.4 Å². The molecule has 1 aliphatic carbocycles. The van der Waals surface area contributed by atoms with Gasteiger partial charge in [-0.15, -0.1) is 11.3 Å². The van der Waals surface area contributed by atoms with Crippen LogP contribution in [-0.4, -0.2) is 18.8 Å². The fourth-order valence-corrected chi connectivity index (χ4v) is 5.53. The number of carbonyl (C=O) groups is 1. The molecule has 0 radical (unpaired) electrons. The summed E-state index contributed by atoms with van der Waals surface area (Å²) in [6.07, 6.45) is 3.41. The first-order valence-electron chi connectivity index (χ1n) is 8.47. The van der Waals surface area contributed by atoms with Gasteiger partial charge in [0, 0.05) is 12.0 Å². The molecule has 0 fully saturated rings. The molecule has 1 atom stereocenters. The normalized spacial score (nSPS) is 21.0. The van der Waals surface area contributed by atoms with E-state index in [1.165, 1.54) is 24.0 Å². The zero-order valence-corrected chi connectivity index (χ0v) is 17.8. The number of ether oxygens (including phenoxy) is 1. The van der Waals surface area contributed by atoms with Crippen LogP contribution >= 0.6 is 46.1 Å². The van der Waals surface area contributed by atoms with Gasteiger partial charge < -0.3 is 9.57 Å². The third kappa shape index (κ3) is 3.15. The number of hydrogen-bond donors (Lipinski definition) is 0. The van der Waals surface area contributed by atoms with Gasteiger partial charge in [-0.05, 0) is 49.4 Å². The van der Waals surface area contributed by atoms with Crippen LogP contribution in [0.25, 0.3) is 0 Å². The van der Waals surface area contributed by atoms with Gasteiger partial charge in [-0.25, -0.2) is 4.79 Å². The third-order valence-electron chi connectivity index (χ3n) is 5.06. The highest BCUT2D eigenvalue weighted by atomic mass is 35.5. The second-order valence-corrected chi connectivity index (χ2v) is 9.07. The van der Waals surface area contributed by atoms with Gasteiger partial charge in [-0.3, -0.25) is 0 Å². The van der Waals surface area contributed by atoms with Crippen LogP contribution in [0.4, 0.5) is 0 Å². The molecular formula is C19H16Cl3NO3S. The number of hydrogen-bond acceptors (Lipinski definition) is 5. The number of rotatable bonds is 3. The highest BCUT2D eigenvalue weighted by molar-refractivity contribution is 7.16. The summed E-state index contributed by atoms with van der Waals surface area (Å²) in [5, 5.41) is 5.43. The number of methoxy groups -OCH3 is 1. The van der Waals surface area contributed by atoms with Crippen molar-refractivity contribution in [1.29, 1.82) is 0 Å². The molecule has 1 aliphatic heterocycles. The number of oxime groups is 1. The maximum atomic E-state index is 12.1. The molecule has 1 aromatic carbocycles. The number of benzene rings is 1. The van der Waals surface area contributed by atoms with Crippen molar-refractivity contribution in [3.05, 3.63) is 53.6 Å². The molecule has 0 saturated heterocycles. The second kappa shape index (κ2) is 6.96. The van der Waals surface area contributed by atoms with Crippen molar-refractivity contribution in [3.8, 4) is 0 Å². The molecule has 0 amide bonds. The van der Waals surface area contributed by atoms with Gasteiger partial charge in [0.2, 0.25) is 0 Å². The van der Waals surface area contributed by atoms with E-state index in [0.717, 1.165) is 41.0 Å². The van der Waals surface area contributed by atoms with Gasteiger partial charge in [-0.2, -0.15) is 0 Å². The summed E-state index contributed by atoms with van der Waals surface area (Å²) in [7, 11) is 1.41. The van der Waals surface area contributed by atoms with Gasteiger partial charge in [0.15, 0.2) is 5.60 Å². The molecule has 2 aromatic rings. The van der Waals surface area contributed by atoms with Crippen LogP contribution in [0.5, 0.6) is 0 Å². The first-order chi connectivity index (χ1) is 12.8. The summed E-state index contributed by atoms with van der Waals surface area (Å²) in [5.41, 5.74) is 3.23. The van der Waals surface area contributed by atoms with E-state index in [-0.39, 0.29) is 5.97 Å². The Kier molecular flexibility index (Phi) is 4.91. The average molecular weight is 445 g/mol. The van der Waals surface area contributed by atoms with Gasteiger partial charge in [0.1, 0.15) is 10.6 Å². The number of thiophene rings is 1. The molecule has 0 bridgehead atoms. The molecule has 2 aliphatic rings. The minimum absolute atomic E-state index is 0.289. The smallest absolute Gasteiger partial charge is 0.348 e. The predicted octanol–water partition coefficient (Wildman–Crippen LogP) is 6.02. The Balaban J connectivity index is 1.68. The first kappa shape index (κ1) is 19.1. The monoisotopic (exact) mass is 443 g/mol. The molecule has 1 unspecified atom stereocenters. The van der Waals surface area contributed by atoms with E-state index < -0.39 is 5.60 Å². The van der Waals surface area contributed by atoms with E-state index >= 15 is 0 Å². The molecule has 0 saturated carbocycles. The Bertz CT molecular complexity index is 962. The minimum atomic E-state index is -0.700. The highest BCUT2D eigenvalue weighted by Crippen LogP contribution is 2.44. The number of halogens is 3. The lowest BCUT2D eigenvalue weighted by atomic mass is 9.90. The molecule has 4 nitrogen and oxygen atoms in total. The highest BCUT2D eigenvalue weighted by Gasteiger charge is 2.40. The van der Waals surface area contributed by atoms with Crippen molar-refractivity contribution in [1.82, 2.24) is 0 Å². The van der Waals surface area contributed by atoms with Crippen molar-refractivity contribution >= 4 is 57.8 Å². The standard InChI is InChI=1S/C19H16Cl3NO3S/c1-19(9-6-12(20)15(22)13(21)7-9)8-14(23-26-19)16-10-4-3-5-11(10)17(27-16)18(24)25-2/h6-7H,3-5,8H2,1-2H3. The van der Waals surface area contributed by atoms with E-state index in [1.54, 1.807) is 12.1 Å². The summed E-state index contributed by atoms with van der Waals surface area (Å²) in [6.45, 7) is 1.94. The fraction of sp³-hybridized carbons (Fsp3) is 0.368. The third-order valence-corrected chi connectivity index (χ3v) is 7.56. The lowest BCUT2D eigenvalue weighted by molar-refractivity contribution is -0.00737. The maximum Gasteiger partial charge on any atom is 0.348 e. The van der Waals surface area contributed by atoms with E-state index in [4.69, 9.17) is 44.4 Å². The van der Waals surface area contributed by atoms with Crippen LogP contribution in [0.15, 0.2) is 17.3 Å². The molecule has 8 heteroatoms. The topological polar surface area (TPSA) is 47.9 Å². The van der Waals surface area contributed by atoms with E-state index in [1.807, 2.05) is 6.92 Å². The quantitative estimate of drug-likeness (QED) is 0.429. The van der Waals surface area contributed by atoms with Crippen LogP contribution in [0.3, 0.4) is 0 Å². The molecule has 4 rings (SSSR count). The van der Waals surface area contributed by atoms with Gasteiger partial charge in [0.05, 0.1) is 27.1 Å². The molecule has 0 spiro atoms. The van der Waals surface area contributed by atoms with E-state index in [9.17, 15) is 4.79 Å². The first-order valence-corrected chi connectivity index (χ1v) is 10.4. The number of esters is 1.